The first-order valence-corrected chi connectivity index (χ1v) is 6.83. The third kappa shape index (κ3) is 3.84. The molecule has 0 amide bonds. The van der Waals surface area contributed by atoms with Crippen LogP contribution in [0.25, 0.3) is 0 Å². The highest BCUT2D eigenvalue weighted by Gasteiger charge is 2.14. The minimum Gasteiger partial charge on any atom is -0.456 e. The number of hydrogen-bond acceptors (Lipinski definition) is 2. The fraction of sp³-hybridized carbons (Fsp3) is 0.533. The predicted octanol–water partition coefficient (Wildman–Crippen LogP) is 1.22. The van der Waals surface area contributed by atoms with E-state index in [0.29, 0.717) is 12.2 Å². The quantitative estimate of drug-likeness (QED) is 0.812. The lowest BCUT2D eigenvalue weighted by Gasteiger charge is -2.23. The Morgan fingerprint density at radius 1 is 1.28 bits per heavy atom. The average molecular weight is 248 g/mol. The third-order valence-corrected chi connectivity index (χ3v) is 3.50. The molecule has 0 saturated carbocycles. The van der Waals surface area contributed by atoms with Gasteiger partial charge in [0.25, 0.3) is 0 Å². The molecule has 1 aromatic carbocycles. The van der Waals surface area contributed by atoms with Gasteiger partial charge < -0.3 is 9.64 Å². The van der Waals surface area contributed by atoms with Crippen LogP contribution in [0.15, 0.2) is 24.3 Å². The molecule has 18 heavy (non-hydrogen) atoms. The maximum atomic E-state index is 11.8. The number of benzene rings is 1. The van der Waals surface area contributed by atoms with E-state index in [9.17, 15) is 4.79 Å². The van der Waals surface area contributed by atoms with Gasteiger partial charge in [0.15, 0.2) is 0 Å². The van der Waals surface area contributed by atoms with Crippen LogP contribution in [0.2, 0.25) is 0 Å². The summed E-state index contributed by atoms with van der Waals surface area (Å²) in [5.41, 5.74) is 1.75. The number of piperidine rings is 1. The van der Waals surface area contributed by atoms with Crippen LogP contribution >= 0.6 is 0 Å². The van der Waals surface area contributed by atoms with Gasteiger partial charge in [0.1, 0.15) is 13.2 Å². The number of esters is 1. The number of rotatable bonds is 4. The molecule has 0 aromatic heterocycles. The predicted molar refractivity (Wildman–Crippen MR) is 70.9 cm³/mol. The van der Waals surface area contributed by atoms with Crippen molar-refractivity contribution in [2.75, 3.05) is 26.2 Å². The lowest BCUT2D eigenvalue weighted by atomic mass is 10.1. The topological polar surface area (TPSA) is 30.7 Å². The third-order valence-electron chi connectivity index (χ3n) is 3.50. The molecule has 0 atom stereocenters. The second kappa shape index (κ2) is 6.55. The molecule has 0 aliphatic carbocycles. The number of likely N-dealkylation sites (tertiary alicyclic amines) is 1. The molecule has 0 unspecified atom stereocenters. The fourth-order valence-corrected chi connectivity index (χ4v) is 2.45. The van der Waals surface area contributed by atoms with E-state index in [1.165, 1.54) is 32.4 Å². The lowest BCUT2D eigenvalue weighted by molar-refractivity contribution is -0.905. The Morgan fingerprint density at radius 3 is 2.78 bits per heavy atom. The van der Waals surface area contributed by atoms with Gasteiger partial charge in [-0.05, 0) is 38.3 Å². The van der Waals surface area contributed by atoms with Crippen molar-refractivity contribution in [2.24, 2.45) is 0 Å². The summed E-state index contributed by atoms with van der Waals surface area (Å²) in [5, 5.41) is 0. The number of aryl methyl sites for hydroxylation is 1. The van der Waals surface area contributed by atoms with Crippen LogP contribution in [-0.2, 0) is 4.74 Å². The monoisotopic (exact) mass is 248 g/mol. The van der Waals surface area contributed by atoms with Crippen LogP contribution in [0.1, 0.15) is 35.2 Å². The van der Waals surface area contributed by atoms with Crippen molar-refractivity contribution >= 4 is 5.97 Å². The molecule has 1 heterocycles. The maximum Gasteiger partial charge on any atom is 0.338 e. The fourth-order valence-electron chi connectivity index (χ4n) is 2.45. The highest BCUT2D eigenvalue weighted by atomic mass is 16.5. The number of nitrogens with one attached hydrogen (secondary N) is 1. The first kappa shape index (κ1) is 13.1. The van der Waals surface area contributed by atoms with Gasteiger partial charge in [-0.25, -0.2) is 4.79 Å². The van der Waals surface area contributed by atoms with Crippen LogP contribution in [0.3, 0.4) is 0 Å². The van der Waals surface area contributed by atoms with Crippen LogP contribution in [0.4, 0.5) is 0 Å². The molecule has 1 saturated heterocycles. The van der Waals surface area contributed by atoms with E-state index in [1.807, 2.05) is 31.2 Å². The second-order valence-corrected chi connectivity index (χ2v) is 5.07. The lowest BCUT2D eigenvalue weighted by Crippen LogP contribution is -3.13. The molecule has 98 valence electrons. The molecule has 0 radical (unpaired) electrons. The Labute approximate surface area is 109 Å². The standard InChI is InChI=1S/C15H21NO2/c1-13-6-5-7-14(12-13)15(17)18-11-10-16-8-3-2-4-9-16/h5-7,12H,2-4,8-11H2,1H3/p+1. The number of carbonyl (C=O) groups is 1. The first-order valence-electron chi connectivity index (χ1n) is 6.83. The van der Waals surface area contributed by atoms with E-state index in [1.54, 1.807) is 4.90 Å². The molecule has 0 spiro atoms. The van der Waals surface area contributed by atoms with E-state index in [-0.39, 0.29) is 5.97 Å². The molecular weight excluding hydrogens is 226 g/mol. The Hall–Kier alpha value is -1.35. The van der Waals surface area contributed by atoms with Crippen molar-refractivity contribution in [3.63, 3.8) is 0 Å². The second-order valence-electron chi connectivity index (χ2n) is 5.07. The molecule has 1 aliphatic rings. The van der Waals surface area contributed by atoms with Crippen molar-refractivity contribution < 1.29 is 14.4 Å². The number of carbonyl (C=O) groups excluding carboxylic acids is 1. The summed E-state index contributed by atoms with van der Waals surface area (Å²) in [6, 6.07) is 7.55. The van der Waals surface area contributed by atoms with Gasteiger partial charge in [-0.15, -0.1) is 0 Å². The van der Waals surface area contributed by atoms with E-state index < -0.39 is 0 Å². The molecule has 0 bridgehead atoms. The van der Waals surface area contributed by atoms with Crippen LogP contribution in [-0.4, -0.2) is 32.2 Å². The minimum atomic E-state index is -0.199. The van der Waals surface area contributed by atoms with Crippen LogP contribution in [0, 0.1) is 6.92 Å². The van der Waals surface area contributed by atoms with Gasteiger partial charge in [-0.3, -0.25) is 0 Å². The van der Waals surface area contributed by atoms with Crippen LogP contribution in [0.5, 0.6) is 0 Å². The Kier molecular flexibility index (Phi) is 4.76. The minimum absolute atomic E-state index is 0.199. The summed E-state index contributed by atoms with van der Waals surface area (Å²) in [4.78, 5) is 13.4. The van der Waals surface area contributed by atoms with Crippen molar-refractivity contribution in [1.82, 2.24) is 0 Å². The van der Waals surface area contributed by atoms with E-state index >= 15 is 0 Å². The van der Waals surface area contributed by atoms with Gasteiger partial charge in [0, 0.05) is 0 Å². The van der Waals surface area contributed by atoms with Crippen molar-refractivity contribution in [1.29, 1.82) is 0 Å². The number of ether oxygens (including phenoxy) is 1. The smallest absolute Gasteiger partial charge is 0.338 e. The highest BCUT2D eigenvalue weighted by Crippen LogP contribution is 2.05. The van der Waals surface area contributed by atoms with E-state index in [2.05, 4.69) is 0 Å². The van der Waals surface area contributed by atoms with E-state index in [4.69, 9.17) is 4.74 Å². The number of quaternary nitrogens is 1. The maximum absolute atomic E-state index is 11.8. The van der Waals surface area contributed by atoms with Crippen molar-refractivity contribution in [2.45, 2.75) is 26.2 Å². The summed E-state index contributed by atoms with van der Waals surface area (Å²) in [7, 11) is 0. The van der Waals surface area contributed by atoms with E-state index in [0.717, 1.165) is 12.1 Å². The van der Waals surface area contributed by atoms with Gasteiger partial charge in [0.2, 0.25) is 0 Å². The Balaban J connectivity index is 1.74. The summed E-state index contributed by atoms with van der Waals surface area (Å²) in [6.07, 6.45) is 3.97. The summed E-state index contributed by atoms with van der Waals surface area (Å²) in [6.45, 7) is 5.90. The molecule has 1 aliphatic heterocycles. The van der Waals surface area contributed by atoms with Gasteiger partial charge in [-0.1, -0.05) is 17.7 Å². The SMILES string of the molecule is Cc1cccc(C(=O)OCC[NH+]2CCCCC2)c1. The highest BCUT2D eigenvalue weighted by molar-refractivity contribution is 5.89. The summed E-state index contributed by atoms with van der Waals surface area (Å²) >= 11 is 0. The molecule has 1 fully saturated rings. The molecule has 2 rings (SSSR count). The van der Waals surface area contributed by atoms with Crippen molar-refractivity contribution in [3.8, 4) is 0 Å². The molecule has 1 aromatic rings. The van der Waals surface area contributed by atoms with Gasteiger partial charge in [0.05, 0.1) is 18.7 Å². The summed E-state index contributed by atoms with van der Waals surface area (Å²) < 4.78 is 5.33. The molecule has 1 N–H and O–H groups in total. The normalized spacial score (nSPS) is 16.5. The zero-order chi connectivity index (χ0) is 12.8. The largest absolute Gasteiger partial charge is 0.456 e. The van der Waals surface area contributed by atoms with Crippen molar-refractivity contribution in [3.05, 3.63) is 35.4 Å². The number of hydrogen-bond donors (Lipinski definition) is 1. The molecular formula is C15H22NO2+. The summed E-state index contributed by atoms with van der Waals surface area (Å²) in [5.74, 6) is -0.199. The molecule has 3 nitrogen and oxygen atoms in total. The van der Waals surface area contributed by atoms with Crippen LogP contribution < -0.4 is 4.90 Å². The Morgan fingerprint density at radius 2 is 2.06 bits per heavy atom. The Bertz CT molecular complexity index is 397. The zero-order valence-electron chi connectivity index (χ0n) is 11.1. The average Bonchev–Trinajstić information content (AvgIpc) is 2.40. The molecule has 3 heteroatoms. The van der Waals surface area contributed by atoms with Gasteiger partial charge >= 0.3 is 5.97 Å². The van der Waals surface area contributed by atoms with Gasteiger partial charge in [-0.2, -0.15) is 0 Å². The first-order chi connectivity index (χ1) is 8.75. The zero-order valence-corrected chi connectivity index (χ0v) is 11.1.